The fraction of sp³-hybridized carbons (Fsp3) is 0.318. The number of amides is 3. The molecule has 0 radical (unpaired) electrons. The number of carbonyl (C=O) groups excluding carboxylic acids is 3. The summed E-state index contributed by atoms with van der Waals surface area (Å²) in [5, 5.41) is 11.5. The van der Waals surface area contributed by atoms with Gasteiger partial charge in [-0.2, -0.15) is 0 Å². The highest BCUT2D eigenvalue weighted by Gasteiger charge is 2.22. The van der Waals surface area contributed by atoms with Crippen molar-refractivity contribution >= 4 is 23.4 Å². The van der Waals surface area contributed by atoms with Crippen molar-refractivity contribution in [3.05, 3.63) is 66.2 Å². The van der Waals surface area contributed by atoms with Gasteiger partial charge in [0.25, 0.3) is 0 Å². The molecule has 0 saturated carbocycles. The second-order valence-corrected chi connectivity index (χ2v) is 6.79. The number of nitrogens with one attached hydrogen (secondary N) is 2. The fourth-order valence-corrected chi connectivity index (χ4v) is 2.98. The molecule has 0 aromatic heterocycles. The minimum absolute atomic E-state index is 0.118. The Morgan fingerprint density at radius 1 is 1.00 bits per heavy atom. The van der Waals surface area contributed by atoms with Gasteiger partial charge in [-0.05, 0) is 30.5 Å². The van der Waals surface area contributed by atoms with Crippen molar-refractivity contribution in [2.24, 2.45) is 5.92 Å². The summed E-state index contributed by atoms with van der Waals surface area (Å²) < 4.78 is 0. The van der Waals surface area contributed by atoms with Crippen LogP contribution < -0.4 is 15.7 Å². The zero-order valence-electron chi connectivity index (χ0n) is 16.5. The second kappa shape index (κ2) is 11.6. The largest absolute Gasteiger partial charge is 0.355 e. The van der Waals surface area contributed by atoms with Gasteiger partial charge in [0.2, 0.25) is 17.7 Å². The lowest BCUT2D eigenvalue weighted by Gasteiger charge is -2.19. The molecular formula is C22H27N3O4. The highest BCUT2D eigenvalue weighted by Crippen LogP contribution is 2.15. The second-order valence-electron chi connectivity index (χ2n) is 6.79. The number of aryl methyl sites for hydroxylation is 1. The maximum absolute atomic E-state index is 12.5. The third-order valence-electron chi connectivity index (χ3n) is 4.71. The molecular weight excluding hydrogens is 370 g/mol. The molecule has 2 rings (SSSR count). The van der Waals surface area contributed by atoms with Crippen LogP contribution in [-0.4, -0.2) is 36.5 Å². The number of nitrogens with zero attached hydrogens (tertiary/aromatic N) is 1. The Hall–Kier alpha value is -3.19. The lowest BCUT2D eigenvalue weighted by atomic mass is 9.95. The molecule has 0 spiro atoms. The van der Waals surface area contributed by atoms with Crippen molar-refractivity contribution in [2.75, 3.05) is 18.5 Å². The zero-order valence-corrected chi connectivity index (χ0v) is 16.5. The summed E-state index contributed by atoms with van der Waals surface area (Å²) >= 11 is 0. The van der Waals surface area contributed by atoms with E-state index in [9.17, 15) is 14.4 Å². The molecule has 1 atom stereocenters. The molecule has 0 fully saturated rings. The van der Waals surface area contributed by atoms with Crippen LogP contribution in [0.5, 0.6) is 0 Å². The summed E-state index contributed by atoms with van der Waals surface area (Å²) in [5.74, 6) is -1.63. The van der Waals surface area contributed by atoms with Crippen molar-refractivity contribution in [1.29, 1.82) is 0 Å². The van der Waals surface area contributed by atoms with Gasteiger partial charge in [-0.25, -0.2) is 5.48 Å². The Morgan fingerprint density at radius 3 is 2.24 bits per heavy atom. The molecule has 0 aliphatic heterocycles. The first-order valence-electron chi connectivity index (χ1n) is 9.57. The monoisotopic (exact) mass is 397 g/mol. The van der Waals surface area contributed by atoms with E-state index in [1.165, 1.54) is 4.90 Å². The Balaban J connectivity index is 1.86. The van der Waals surface area contributed by atoms with Gasteiger partial charge in [-0.1, -0.05) is 48.5 Å². The number of benzene rings is 2. The maximum atomic E-state index is 12.5. The van der Waals surface area contributed by atoms with Crippen LogP contribution in [0, 0.1) is 5.92 Å². The van der Waals surface area contributed by atoms with E-state index in [1.54, 1.807) is 12.5 Å². The molecule has 29 heavy (non-hydrogen) atoms. The minimum atomic E-state index is -0.613. The summed E-state index contributed by atoms with van der Waals surface area (Å²) in [6.45, 7) is 0.178. The van der Waals surface area contributed by atoms with Crippen LogP contribution in [0.4, 0.5) is 5.69 Å². The number of anilines is 1. The number of hydrogen-bond acceptors (Lipinski definition) is 4. The molecule has 0 aliphatic carbocycles. The first-order valence-corrected chi connectivity index (χ1v) is 9.57. The topological polar surface area (TPSA) is 98.7 Å². The Kier molecular flexibility index (Phi) is 8.85. The van der Waals surface area contributed by atoms with Crippen LogP contribution >= 0.6 is 0 Å². The zero-order chi connectivity index (χ0) is 21.1. The molecule has 3 N–H and O–H groups in total. The van der Waals surface area contributed by atoms with Gasteiger partial charge in [-0.15, -0.1) is 0 Å². The average Bonchev–Trinajstić information content (AvgIpc) is 2.76. The average molecular weight is 397 g/mol. The molecule has 0 saturated heterocycles. The normalized spacial score (nSPS) is 11.4. The van der Waals surface area contributed by atoms with E-state index in [0.717, 1.165) is 11.3 Å². The van der Waals surface area contributed by atoms with Crippen molar-refractivity contribution in [3.63, 3.8) is 0 Å². The lowest BCUT2D eigenvalue weighted by molar-refractivity contribution is -0.135. The SMILES string of the molecule is CN(C(=O)CCNC(=O)[C@H](CCc1ccccc1)CC(=O)NO)c1ccccc1. The third kappa shape index (κ3) is 7.38. The molecule has 154 valence electrons. The van der Waals surface area contributed by atoms with E-state index in [-0.39, 0.29) is 31.2 Å². The van der Waals surface area contributed by atoms with Gasteiger partial charge in [0, 0.05) is 38.0 Å². The van der Waals surface area contributed by atoms with Crippen molar-refractivity contribution in [2.45, 2.75) is 25.7 Å². The number of carbonyl (C=O) groups is 3. The molecule has 3 amide bonds. The summed E-state index contributed by atoms with van der Waals surface area (Å²) in [6.07, 6.45) is 1.12. The molecule has 0 unspecified atom stereocenters. The number of para-hydroxylation sites is 1. The predicted molar refractivity (Wildman–Crippen MR) is 110 cm³/mol. The smallest absolute Gasteiger partial charge is 0.244 e. The predicted octanol–water partition coefficient (Wildman–Crippen LogP) is 2.30. The maximum Gasteiger partial charge on any atom is 0.244 e. The Labute approximate surface area is 170 Å². The van der Waals surface area contributed by atoms with Crippen LogP contribution in [0.25, 0.3) is 0 Å². The van der Waals surface area contributed by atoms with Crippen LogP contribution in [0.2, 0.25) is 0 Å². The summed E-state index contributed by atoms with van der Waals surface area (Å²) in [5.41, 5.74) is 3.42. The van der Waals surface area contributed by atoms with Gasteiger partial charge in [0.1, 0.15) is 0 Å². The molecule has 0 aliphatic rings. The molecule has 7 heteroatoms. The quantitative estimate of drug-likeness (QED) is 0.423. The first kappa shape index (κ1) is 22.1. The Morgan fingerprint density at radius 2 is 1.62 bits per heavy atom. The number of hydrogen-bond donors (Lipinski definition) is 3. The van der Waals surface area contributed by atoms with Crippen LogP contribution in [0.3, 0.4) is 0 Å². The van der Waals surface area contributed by atoms with Crippen molar-refractivity contribution in [1.82, 2.24) is 10.8 Å². The van der Waals surface area contributed by atoms with Crippen LogP contribution in [0.15, 0.2) is 60.7 Å². The van der Waals surface area contributed by atoms with Gasteiger partial charge in [-0.3, -0.25) is 19.6 Å². The molecule has 0 heterocycles. The van der Waals surface area contributed by atoms with E-state index < -0.39 is 11.8 Å². The van der Waals surface area contributed by atoms with Gasteiger partial charge in [0.15, 0.2) is 0 Å². The van der Waals surface area contributed by atoms with Crippen molar-refractivity contribution in [3.8, 4) is 0 Å². The summed E-state index contributed by atoms with van der Waals surface area (Å²) in [7, 11) is 1.69. The molecule has 2 aromatic carbocycles. The van der Waals surface area contributed by atoms with E-state index in [4.69, 9.17) is 5.21 Å². The number of hydroxylamine groups is 1. The van der Waals surface area contributed by atoms with Gasteiger partial charge in [0.05, 0.1) is 0 Å². The Bertz CT molecular complexity index is 796. The standard InChI is InChI=1S/C22H27N3O4/c1-25(19-10-6-3-7-11-19)21(27)14-15-23-22(28)18(16-20(26)24-29)13-12-17-8-4-2-5-9-17/h2-11,18,29H,12-16H2,1H3,(H,23,28)(H,24,26)/t18-/m1/s1. The van der Waals surface area contributed by atoms with E-state index in [0.29, 0.717) is 12.8 Å². The highest BCUT2D eigenvalue weighted by molar-refractivity contribution is 5.93. The van der Waals surface area contributed by atoms with Gasteiger partial charge >= 0.3 is 0 Å². The van der Waals surface area contributed by atoms with Crippen molar-refractivity contribution < 1.29 is 19.6 Å². The fourth-order valence-electron chi connectivity index (χ4n) is 2.98. The van der Waals surface area contributed by atoms with E-state index in [1.807, 2.05) is 60.7 Å². The lowest BCUT2D eigenvalue weighted by Crippen LogP contribution is -2.37. The van der Waals surface area contributed by atoms with Crippen LogP contribution in [-0.2, 0) is 20.8 Å². The van der Waals surface area contributed by atoms with E-state index >= 15 is 0 Å². The summed E-state index contributed by atoms with van der Waals surface area (Å²) in [6, 6.07) is 18.9. The first-order chi connectivity index (χ1) is 14.0. The molecule has 7 nitrogen and oxygen atoms in total. The highest BCUT2D eigenvalue weighted by atomic mass is 16.5. The molecule has 2 aromatic rings. The van der Waals surface area contributed by atoms with E-state index in [2.05, 4.69) is 5.32 Å². The van der Waals surface area contributed by atoms with Crippen LogP contribution in [0.1, 0.15) is 24.8 Å². The summed E-state index contributed by atoms with van der Waals surface area (Å²) in [4.78, 5) is 38.0. The van der Waals surface area contributed by atoms with Gasteiger partial charge < -0.3 is 10.2 Å². The molecule has 0 bridgehead atoms. The minimum Gasteiger partial charge on any atom is -0.355 e. The third-order valence-corrected chi connectivity index (χ3v) is 4.71. The number of rotatable bonds is 10.